The molecular weight excluding hydrogens is 236 g/mol. The fourth-order valence-electron chi connectivity index (χ4n) is 1.29. The fourth-order valence-corrected chi connectivity index (χ4v) is 7.88. The van der Waals surface area contributed by atoms with Gasteiger partial charge in [-0.05, 0) is 31.4 Å². The van der Waals surface area contributed by atoms with Crippen LogP contribution < -0.4 is 5.19 Å². The summed E-state index contributed by atoms with van der Waals surface area (Å²) in [5.74, 6) is 0. The molecule has 0 N–H and O–H groups in total. The Kier molecular flexibility index (Phi) is 5.48. The highest BCUT2D eigenvalue weighted by Crippen LogP contribution is 1.98. The summed E-state index contributed by atoms with van der Waals surface area (Å²) in [6.45, 7) is 8.81. The molecule has 84 valence electrons. The van der Waals surface area contributed by atoms with Crippen molar-refractivity contribution in [1.29, 1.82) is 0 Å². The van der Waals surface area contributed by atoms with Crippen LogP contribution in [0.3, 0.4) is 0 Å². The standard InChI is InChI=1S/C10H20O2Si3/c1-13(2)11-15(12-14(3)4)10-8-6-5-7-9-10/h5-9,13-15H,1-4H3. The highest BCUT2D eigenvalue weighted by atomic mass is 28.4. The van der Waals surface area contributed by atoms with Crippen LogP contribution in [0.25, 0.3) is 0 Å². The lowest BCUT2D eigenvalue weighted by Gasteiger charge is -2.21. The third kappa shape index (κ3) is 4.89. The van der Waals surface area contributed by atoms with E-state index in [0.717, 1.165) is 0 Å². The van der Waals surface area contributed by atoms with Gasteiger partial charge in [-0.3, -0.25) is 0 Å². The van der Waals surface area contributed by atoms with E-state index >= 15 is 0 Å². The molecule has 2 nitrogen and oxygen atoms in total. The average Bonchev–Trinajstić information content (AvgIpc) is 2.17. The third-order valence-electron chi connectivity index (χ3n) is 1.86. The van der Waals surface area contributed by atoms with Gasteiger partial charge < -0.3 is 8.23 Å². The Bertz CT molecular complexity index is 267. The quantitative estimate of drug-likeness (QED) is 0.735. The van der Waals surface area contributed by atoms with Crippen LogP contribution >= 0.6 is 0 Å². The average molecular weight is 257 g/mol. The molecule has 1 rings (SSSR count). The fraction of sp³-hybridized carbons (Fsp3) is 0.400. The van der Waals surface area contributed by atoms with E-state index in [2.05, 4.69) is 50.5 Å². The molecular formula is C10H20O2Si3. The van der Waals surface area contributed by atoms with Crippen LogP contribution in [0.5, 0.6) is 0 Å². The van der Waals surface area contributed by atoms with Crippen LogP contribution in [0.1, 0.15) is 0 Å². The molecule has 0 unspecified atom stereocenters. The van der Waals surface area contributed by atoms with E-state index in [1.54, 1.807) is 0 Å². The van der Waals surface area contributed by atoms with Gasteiger partial charge in [0, 0.05) is 0 Å². The first-order chi connectivity index (χ1) is 7.09. The van der Waals surface area contributed by atoms with Gasteiger partial charge in [-0.15, -0.1) is 0 Å². The molecule has 0 spiro atoms. The Morgan fingerprint density at radius 2 is 1.27 bits per heavy atom. The van der Waals surface area contributed by atoms with Crippen molar-refractivity contribution in [3.05, 3.63) is 30.3 Å². The van der Waals surface area contributed by atoms with E-state index in [1.165, 1.54) is 5.19 Å². The highest BCUT2D eigenvalue weighted by molar-refractivity contribution is 6.75. The first kappa shape index (κ1) is 12.9. The van der Waals surface area contributed by atoms with E-state index in [9.17, 15) is 0 Å². The van der Waals surface area contributed by atoms with Crippen LogP contribution in [-0.2, 0) is 8.23 Å². The zero-order chi connectivity index (χ0) is 11.3. The molecule has 5 heteroatoms. The lowest BCUT2D eigenvalue weighted by atomic mass is 10.4. The number of hydrogen-bond donors (Lipinski definition) is 0. The van der Waals surface area contributed by atoms with Crippen molar-refractivity contribution in [2.75, 3.05) is 0 Å². The number of hydrogen-bond acceptors (Lipinski definition) is 2. The summed E-state index contributed by atoms with van der Waals surface area (Å²) < 4.78 is 12.1. The molecule has 0 aliphatic carbocycles. The zero-order valence-corrected chi connectivity index (χ0v) is 13.4. The molecule has 0 atom stereocenters. The first-order valence-electron chi connectivity index (χ1n) is 5.45. The molecule has 0 saturated carbocycles. The minimum absolute atomic E-state index is 0.998. The van der Waals surface area contributed by atoms with Gasteiger partial charge in [0.15, 0.2) is 18.1 Å². The first-order valence-corrected chi connectivity index (χ1v) is 12.5. The summed E-state index contributed by atoms with van der Waals surface area (Å²) >= 11 is 0. The van der Waals surface area contributed by atoms with E-state index in [1.807, 2.05) is 6.07 Å². The van der Waals surface area contributed by atoms with Gasteiger partial charge in [0.25, 0.3) is 0 Å². The van der Waals surface area contributed by atoms with Crippen molar-refractivity contribution in [1.82, 2.24) is 0 Å². The molecule has 1 aromatic carbocycles. The lowest BCUT2D eigenvalue weighted by molar-refractivity contribution is 0.457. The van der Waals surface area contributed by atoms with E-state index in [4.69, 9.17) is 8.23 Å². The van der Waals surface area contributed by atoms with Crippen LogP contribution in [0.4, 0.5) is 0 Å². The Balaban J connectivity index is 2.72. The molecule has 0 bridgehead atoms. The summed E-state index contributed by atoms with van der Waals surface area (Å²) in [6.07, 6.45) is 0. The van der Waals surface area contributed by atoms with Gasteiger partial charge in [0.1, 0.15) is 0 Å². The van der Waals surface area contributed by atoms with Gasteiger partial charge in [0.2, 0.25) is 0 Å². The maximum Gasteiger partial charge on any atom is 0.334 e. The van der Waals surface area contributed by atoms with Crippen LogP contribution in [0.15, 0.2) is 30.3 Å². The summed E-state index contributed by atoms with van der Waals surface area (Å²) in [5.41, 5.74) is 0. The van der Waals surface area contributed by atoms with Crippen molar-refractivity contribution in [2.24, 2.45) is 0 Å². The van der Waals surface area contributed by atoms with E-state index in [0.29, 0.717) is 0 Å². The Morgan fingerprint density at radius 1 is 0.800 bits per heavy atom. The van der Waals surface area contributed by atoms with Crippen molar-refractivity contribution in [3.8, 4) is 0 Å². The second-order valence-corrected chi connectivity index (χ2v) is 11.8. The van der Waals surface area contributed by atoms with Gasteiger partial charge in [-0.1, -0.05) is 30.3 Å². The summed E-state index contributed by atoms with van der Waals surface area (Å²) in [6, 6.07) is 10.4. The maximum atomic E-state index is 6.04. The SMILES string of the molecule is C[SiH](C)O[SiH](O[SiH](C)C)c1ccccc1. The second kappa shape index (κ2) is 6.39. The molecule has 0 aliphatic heterocycles. The van der Waals surface area contributed by atoms with Crippen molar-refractivity contribution < 1.29 is 8.23 Å². The molecule has 0 saturated heterocycles. The molecule has 15 heavy (non-hydrogen) atoms. The molecule has 0 aromatic heterocycles. The Morgan fingerprint density at radius 3 is 1.67 bits per heavy atom. The predicted octanol–water partition coefficient (Wildman–Crippen LogP) is 1.11. The normalized spacial score (nSPS) is 11.7. The van der Waals surface area contributed by atoms with Gasteiger partial charge in [0.05, 0.1) is 0 Å². The minimum atomic E-state index is -1.58. The Hall–Kier alpha value is -0.209. The lowest BCUT2D eigenvalue weighted by Crippen LogP contribution is -2.42. The monoisotopic (exact) mass is 256 g/mol. The molecule has 1 aromatic rings. The minimum Gasteiger partial charge on any atom is -0.438 e. The topological polar surface area (TPSA) is 18.5 Å². The number of benzene rings is 1. The predicted molar refractivity (Wildman–Crippen MR) is 73.1 cm³/mol. The molecule has 0 aliphatic rings. The largest absolute Gasteiger partial charge is 0.438 e. The van der Waals surface area contributed by atoms with Crippen LogP contribution in [0.2, 0.25) is 26.2 Å². The highest BCUT2D eigenvalue weighted by Gasteiger charge is 2.19. The van der Waals surface area contributed by atoms with Crippen LogP contribution in [0, 0.1) is 0 Å². The Labute approximate surface area is 97.5 Å². The smallest absolute Gasteiger partial charge is 0.334 e. The zero-order valence-electron chi connectivity index (χ0n) is 9.94. The number of rotatable bonds is 5. The van der Waals surface area contributed by atoms with Crippen molar-refractivity contribution in [2.45, 2.75) is 26.2 Å². The van der Waals surface area contributed by atoms with Crippen LogP contribution in [-0.4, -0.2) is 27.4 Å². The molecule has 0 heterocycles. The van der Waals surface area contributed by atoms with Gasteiger partial charge in [-0.2, -0.15) is 0 Å². The van der Waals surface area contributed by atoms with Crippen molar-refractivity contribution in [3.63, 3.8) is 0 Å². The second-order valence-electron chi connectivity index (χ2n) is 4.11. The van der Waals surface area contributed by atoms with E-state index in [-0.39, 0.29) is 0 Å². The summed E-state index contributed by atoms with van der Waals surface area (Å²) in [7, 11) is -3.58. The molecule has 0 fully saturated rings. The summed E-state index contributed by atoms with van der Waals surface area (Å²) in [4.78, 5) is 0. The maximum absolute atomic E-state index is 6.04. The van der Waals surface area contributed by atoms with E-state index < -0.39 is 27.4 Å². The third-order valence-corrected chi connectivity index (χ3v) is 9.12. The molecule has 0 amide bonds. The summed E-state index contributed by atoms with van der Waals surface area (Å²) in [5, 5.41) is 1.28. The van der Waals surface area contributed by atoms with Crippen molar-refractivity contribution >= 4 is 32.6 Å². The molecule has 0 radical (unpaired) electrons. The van der Waals surface area contributed by atoms with Gasteiger partial charge >= 0.3 is 9.28 Å². The van der Waals surface area contributed by atoms with Gasteiger partial charge in [-0.25, -0.2) is 0 Å².